The van der Waals surface area contributed by atoms with Crippen LogP contribution in [-0.2, 0) is 14.4 Å². The Morgan fingerprint density at radius 2 is 1.80 bits per heavy atom. The molecule has 10 nitrogen and oxygen atoms in total. The number of aliphatic imine (C=N–C) groups is 1. The van der Waals surface area contributed by atoms with Crippen LogP contribution < -0.4 is 17.2 Å². The minimum atomic E-state index is -0.981. The molecule has 2 heterocycles. The van der Waals surface area contributed by atoms with Gasteiger partial charge in [-0.05, 0) is 50.9 Å². The Kier molecular flexibility index (Phi) is 7.17. The minimum Gasteiger partial charge on any atom is -0.480 e. The van der Waals surface area contributed by atoms with Gasteiger partial charge >= 0.3 is 5.97 Å². The minimum absolute atomic E-state index is 0.00347. The van der Waals surface area contributed by atoms with E-state index in [9.17, 15) is 19.5 Å². The smallest absolute Gasteiger partial charge is 0.326 e. The van der Waals surface area contributed by atoms with Crippen LogP contribution in [0.3, 0.4) is 0 Å². The number of likely N-dealkylation sites (tertiary alicyclic amines) is 2. The molecule has 3 fully saturated rings. The summed E-state index contributed by atoms with van der Waals surface area (Å²) in [5.41, 5.74) is 16.9. The second kappa shape index (κ2) is 9.63. The third kappa shape index (κ3) is 4.69. The molecule has 2 amide bonds. The van der Waals surface area contributed by atoms with Crippen LogP contribution >= 0.6 is 0 Å². The molecule has 0 radical (unpaired) electrons. The average molecular weight is 423 g/mol. The molecule has 0 aromatic carbocycles. The molecule has 0 aromatic heterocycles. The van der Waals surface area contributed by atoms with Crippen LogP contribution in [0.25, 0.3) is 0 Å². The summed E-state index contributed by atoms with van der Waals surface area (Å²) < 4.78 is 0. The van der Waals surface area contributed by atoms with Crippen molar-refractivity contribution in [1.29, 1.82) is 0 Å². The summed E-state index contributed by atoms with van der Waals surface area (Å²) in [6, 6.07) is -2.14. The van der Waals surface area contributed by atoms with Crippen LogP contribution in [0.1, 0.15) is 57.8 Å². The van der Waals surface area contributed by atoms with Gasteiger partial charge < -0.3 is 32.1 Å². The van der Waals surface area contributed by atoms with Gasteiger partial charge in [-0.15, -0.1) is 0 Å². The van der Waals surface area contributed by atoms with Gasteiger partial charge in [0.15, 0.2) is 5.96 Å². The van der Waals surface area contributed by atoms with Crippen molar-refractivity contribution in [3.05, 3.63) is 0 Å². The number of amides is 2. The van der Waals surface area contributed by atoms with Crippen LogP contribution in [-0.4, -0.2) is 75.9 Å². The highest BCUT2D eigenvalue weighted by atomic mass is 16.4. The number of carboxylic acids is 1. The van der Waals surface area contributed by atoms with Crippen molar-refractivity contribution >= 4 is 23.7 Å². The molecule has 168 valence electrons. The Hall–Kier alpha value is -2.36. The first-order valence-corrected chi connectivity index (χ1v) is 11.0. The molecule has 5 atom stereocenters. The van der Waals surface area contributed by atoms with Gasteiger partial charge in [0.05, 0.1) is 6.04 Å². The van der Waals surface area contributed by atoms with Crippen LogP contribution in [0.5, 0.6) is 0 Å². The van der Waals surface area contributed by atoms with Gasteiger partial charge in [0.1, 0.15) is 12.1 Å². The van der Waals surface area contributed by atoms with Crippen LogP contribution in [0.2, 0.25) is 0 Å². The Morgan fingerprint density at radius 3 is 2.50 bits per heavy atom. The molecule has 2 saturated heterocycles. The van der Waals surface area contributed by atoms with Gasteiger partial charge in [0.25, 0.3) is 0 Å². The number of hydrogen-bond donors (Lipinski definition) is 4. The highest BCUT2D eigenvalue weighted by Crippen LogP contribution is 2.41. The average Bonchev–Trinajstić information content (AvgIpc) is 3.34. The third-order valence-corrected chi connectivity index (χ3v) is 6.73. The number of nitrogens with two attached hydrogens (primary N) is 3. The standard InChI is InChI=1S/C20H34N6O4/c21-13(6-3-9-24-20(22)23)17(27)26-14-7-2-1-5-12(14)11-16(26)18(28)25-10-4-8-15(25)19(29)30/h12-16H,1-11,21H2,(H,29,30)(H4,22,23,24)/t12-,13+,14-,15-,16-/m0/s1. The van der Waals surface area contributed by atoms with Crippen molar-refractivity contribution in [3.63, 3.8) is 0 Å². The highest BCUT2D eigenvalue weighted by molar-refractivity contribution is 5.93. The number of rotatable bonds is 7. The summed E-state index contributed by atoms with van der Waals surface area (Å²) >= 11 is 0. The van der Waals surface area contributed by atoms with E-state index in [2.05, 4.69) is 4.99 Å². The molecular formula is C20H34N6O4. The number of aliphatic carboxylic acids is 1. The normalized spacial score (nSPS) is 29.4. The summed E-state index contributed by atoms with van der Waals surface area (Å²) in [4.78, 5) is 45.3. The lowest BCUT2D eigenvalue weighted by Crippen LogP contribution is -2.56. The molecule has 3 rings (SSSR count). The lowest BCUT2D eigenvalue weighted by Gasteiger charge is -2.36. The molecule has 10 heteroatoms. The molecule has 0 bridgehead atoms. The number of hydrogen-bond acceptors (Lipinski definition) is 5. The molecule has 0 aromatic rings. The van der Waals surface area contributed by atoms with Crippen molar-refractivity contribution in [3.8, 4) is 0 Å². The monoisotopic (exact) mass is 422 g/mol. The molecule has 2 aliphatic heterocycles. The summed E-state index contributed by atoms with van der Waals surface area (Å²) in [5, 5.41) is 9.48. The Labute approximate surface area is 176 Å². The van der Waals surface area contributed by atoms with Crippen molar-refractivity contribution in [1.82, 2.24) is 9.80 Å². The largest absolute Gasteiger partial charge is 0.480 e. The third-order valence-electron chi connectivity index (χ3n) is 6.73. The number of guanidine groups is 1. The van der Waals surface area contributed by atoms with Gasteiger partial charge in [-0.1, -0.05) is 12.8 Å². The van der Waals surface area contributed by atoms with E-state index in [1.807, 2.05) is 0 Å². The maximum Gasteiger partial charge on any atom is 0.326 e. The zero-order valence-corrected chi connectivity index (χ0v) is 17.4. The van der Waals surface area contributed by atoms with E-state index in [-0.39, 0.29) is 29.7 Å². The Balaban J connectivity index is 1.74. The maximum atomic E-state index is 13.4. The van der Waals surface area contributed by atoms with E-state index in [0.29, 0.717) is 45.2 Å². The van der Waals surface area contributed by atoms with Gasteiger partial charge in [0.2, 0.25) is 11.8 Å². The van der Waals surface area contributed by atoms with E-state index in [1.165, 1.54) is 4.90 Å². The van der Waals surface area contributed by atoms with Crippen molar-refractivity contribution in [2.45, 2.75) is 82.0 Å². The molecule has 3 aliphatic rings. The summed E-state index contributed by atoms with van der Waals surface area (Å²) in [7, 11) is 0. The molecular weight excluding hydrogens is 388 g/mol. The van der Waals surface area contributed by atoms with E-state index in [4.69, 9.17) is 17.2 Å². The molecule has 7 N–H and O–H groups in total. The first-order valence-electron chi connectivity index (χ1n) is 11.0. The predicted octanol–water partition coefficient (Wildman–Crippen LogP) is -0.397. The van der Waals surface area contributed by atoms with Gasteiger partial charge in [-0.3, -0.25) is 14.6 Å². The van der Waals surface area contributed by atoms with Crippen LogP contribution in [0.4, 0.5) is 0 Å². The first kappa shape index (κ1) is 22.3. The zero-order valence-electron chi connectivity index (χ0n) is 17.4. The first-order chi connectivity index (χ1) is 14.3. The molecule has 1 aliphatic carbocycles. The van der Waals surface area contributed by atoms with E-state index >= 15 is 0 Å². The Bertz CT molecular complexity index is 695. The van der Waals surface area contributed by atoms with Crippen LogP contribution in [0.15, 0.2) is 4.99 Å². The maximum absolute atomic E-state index is 13.4. The van der Waals surface area contributed by atoms with E-state index in [0.717, 1.165) is 25.7 Å². The predicted molar refractivity (Wildman–Crippen MR) is 111 cm³/mol. The van der Waals surface area contributed by atoms with Crippen molar-refractivity contribution in [2.24, 2.45) is 28.1 Å². The lowest BCUT2D eigenvalue weighted by molar-refractivity contribution is -0.152. The summed E-state index contributed by atoms with van der Waals surface area (Å²) in [6.45, 7) is 0.819. The SMILES string of the molecule is NC(N)=NCCC[C@@H](N)C(=O)N1[C@H](C(=O)N2CCC[C@H]2C(=O)O)C[C@@H]2CCCC[C@@H]21. The number of nitrogens with zero attached hydrogens (tertiary/aromatic N) is 3. The van der Waals surface area contributed by atoms with Gasteiger partial charge in [-0.2, -0.15) is 0 Å². The highest BCUT2D eigenvalue weighted by Gasteiger charge is 2.50. The molecule has 0 spiro atoms. The molecule has 1 saturated carbocycles. The van der Waals surface area contributed by atoms with Crippen molar-refractivity contribution < 1.29 is 19.5 Å². The number of fused-ring (bicyclic) bond motifs is 1. The fourth-order valence-corrected chi connectivity index (χ4v) is 5.31. The zero-order chi connectivity index (χ0) is 21.8. The van der Waals surface area contributed by atoms with E-state index in [1.54, 1.807) is 4.90 Å². The molecule has 0 unspecified atom stereocenters. The number of carboxylic acid groups (broad SMARTS) is 1. The van der Waals surface area contributed by atoms with Crippen molar-refractivity contribution in [2.75, 3.05) is 13.1 Å². The fourth-order valence-electron chi connectivity index (χ4n) is 5.31. The molecule has 30 heavy (non-hydrogen) atoms. The number of carbonyl (C=O) groups is 3. The van der Waals surface area contributed by atoms with Crippen LogP contribution in [0, 0.1) is 5.92 Å². The van der Waals surface area contributed by atoms with E-state index < -0.39 is 24.1 Å². The quantitative estimate of drug-likeness (QED) is 0.246. The number of carbonyl (C=O) groups excluding carboxylic acids is 2. The fraction of sp³-hybridized carbons (Fsp3) is 0.800. The second-order valence-electron chi connectivity index (χ2n) is 8.69. The lowest BCUT2D eigenvalue weighted by atomic mass is 9.84. The Morgan fingerprint density at radius 1 is 1.07 bits per heavy atom. The summed E-state index contributed by atoms with van der Waals surface area (Å²) in [6.07, 6.45) is 6.68. The van der Waals surface area contributed by atoms with Gasteiger partial charge in [-0.25, -0.2) is 4.79 Å². The topological polar surface area (TPSA) is 168 Å². The summed E-state index contributed by atoms with van der Waals surface area (Å²) in [5.74, 6) is -1.17. The second-order valence-corrected chi connectivity index (χ2v) is 8.69. The van der Waals surface area contributed by atoms with Gasteiger partial charge in [0, 0.05) is 19.1 Å².